The van der Waals surface area contributed by atoms with Crippen LogP contribution in [0.1, 0.15) is 47.2 Å². The Labute approximate surface area is 160 Å². The Balaban J connectivity index is 1.56. The molecule has 0 aromatic heterocycles. The number of alkyl halides is 3. The Morgan fingerprint density at radius 3 is 2.36 bits per heavy atom. The highest BCUT2D eigenvalue weighted by Crippen LogP contribution is 2.35. The van der Waals surface area contributed by atoms with Crippen molar-refractivity contribution < 1.29 is 22.7 Å². The predicted molar refractivity (Wildman–Crippen MR) is 96.7 cm³/mol. The number of hydrogen-bond donors (Lipinski definition) is 1. The largest absolute Gasteiger partial charge is 0.490 e. The molecule has 0 unspecified atom stereocenters. The second kappa shape index (κ2) is 8.34. The summed E-state index contributed by atoms with van der Waals surface area (Å²) >= 11 is 0. The lowest BCUT2D eigenvalue weighted by Crippen LogP contribution is -2.39. The molecule has 146 valence electrons. The monoisotopic (exact) mass is 388 g/mol. The number of nitrogens with zero attached hydrogens (tertiary/aromatic N) is 1. The third-order valence-corrected chi connectivity index (χ3v) is 4.77. The maximum atomic E-state index is 13.1. The quantitative estimate of drug-likeness (QED) is 0.826. The second-order valence-corrected chi connectivity index (χ2v) is 6.75. The lowest BCUT2D eigenvalue weighted by molar-refractivity contribution is -0.137. The molecule has 0 atom stereocenters. The van der Waals surface area contributed by atoms with Crippen LogP contribution in [0.3, 0.4) is 0 Å². The zero-order valence-corrected chi connectivity index (χ0v) is 15.0. The Morgan fingerprint density at radius 1 is 1.07 bits per heavy atom. The molecule has 2 aromatic carbocycles. The van der Waals surface area contributed by atoms with Gasteiger partial charge in [0.25, 0.3) is 5.91 Å². The smallest absolute Gasteiger partial charge is 0.417 e. The van der Waals surface area contributed by atoms with E-state index >= 15 is 0 Å². The van der Waals surface area contributed by atoms with E-state index in [2.05, 4.69) is 5.32 Å². The summed E-state index contributed by atoms with van der Waals surface area (Å²) in [7, 11) is 0. The van der Waals surface area contributed by atoms with Gasteiger partial charge >= 0.3 is 6.18 Å². The van der Waals surface area contributed by atoms with E-state index < -0.39 is 17.3 Å². The highest BCUT2D eigenvalue weighted by Gasteiger charge is 2.34. The number of benzene rings is 2. The second-order valence-electron chi connectivity index (χ2n) is 6.75. The third-order valence-electron chi connectivity index (χ3n) is 4.77. The first-order valence-corrected chi connectivity index (χ1v) is 9.00. The summed E-state index contributed by atoms with van der Waals surface area (Å²) in [5, 5.41) is 11.8. The summed E-state index contributed by atoms with van der Waals surface area (Å²) in [5.41, 5.74) is -0.818. The van der Waals surface area contributed by atoms with Crippen molar-refractivity contribution in [3.05, 3.63) is 65.2 Å². The van der Waals surface area contributed by atoms with E-state index in [4.69, 9.17) is 10.00 Å². The number of carbonyl (C=O) groups excluding carboxylic acids is 1. The van der Waals surface area contributed by atoms with Gasteiger partial charge in [0.2, 0.25) is 0 Å². The van der Waals surface area contributed by atoms with Gasteiger partial charge in [0.1, 0.15) is 5.75 Å². The van der Waals surface area contributed by atoms with E-state index in [0.717, 1.165) is 12.1 Å². The van der Waals surface area contributed by atoms with Crippen LogP contribution < -0.4 is 10.1 Å². The van der Waals surface area contributed by atoms with E-state index in [0.29, 0.717) is 31.2 Å². The first-order valence-electron chi connectivity index (χ1n) is 9.00. The molecule has 1 N–H and O–H groups in total. The molecule has 2 aromatic rings. The molecule has 1 aliphatic rings. The van der Waals surface area contributed by atoms with Crippen LogP contribution in [0, 0.1) is 11.3 Å². The molecule has 0 saturated heterocycles. The van der Waals surface area contributed by atoms with Crippen molar-refractivity contribution in [1.29, 1.82) is 5.26 Å². The Morgan fingerprint density at radius 2 is 1.75 bits per heavy atom. The van der Waals surface area contributed by atoms with Gasteiger partial charge in [0, 0.05) is 11.6 Å². The maximum Gasteiger partial charge on any atom is 0.417 e. The molecule has 1 aliphatic carbocycles. The number of ether oxygens (including phenoxy) is 1. The van der Waals surface area contributed by atoms with E-state index in [9.17, 15) is 18.0 Å². The summed E-state index contributed by atoms with van der Waals surface area (Å²) in [4.78, 5) is 12.2. The first-order chi connectivity index (χ1) is 13.4. The molecule has 0 radical (unpaired) electrons. The van der Waals surface area contributed by atoms with Crippen molar-refractivity contribution in [3.8, 4) is 11.8 Å². The number of hydrogen-bond acceptors (Lipinski definition) is 3. The number of rotatable bonds is 4. The van der Waals surface area contributed by atoms with Gasteiger partial charge in [-0.1, -0.05) is 18.2 Å². The van der Waals surface area contributed by atoms with Gasteiger partial charge in [-0.05, 0) is 56.0 Å². The molecule has 0 spiro atoms. The normalized spacial score (nSPS) is 19.5. The van der Waals surface area contributed by atoms with E-state index in [1.807, 2.05) is 6.07 Å². The fourth-order valence-electron chi connectivity index (χ4n) is 3.30. The van der Waals surface area contributed by atoms with Gasteiger partial charge in [0.15, 0.2) is 0 Å². The van der Waals surface area contributed by atoms with Crippen LogP contribution in [0.4, 0.5) is 13.2 Å². The molecule has 1 amide bonds. The first kappa shape index (κ1) is 19.7. The molecule has 7 heteroatoms. The topological polar surface area (TPSA) is 62.1 Å². The molecule has 3 rings (SSSR count). The van der Waals surface area contributed by atoms with Crippen molar-refractivity contribution in [3.63, 3.8) is 0 Å². The van der Waals surface area contributed by atoms with Crippen LogP contribution in [0.25, 0.3) is 0 Å². The van der Waals surface area contributed by atoms with Crippen LogP contribution in [-0.4, -0.2) is 18.1 Å². The number of halogens is 3. The van der Waals surface area contributed by atoms with Crippen molar-refractivity contribution in [2.75, 3.05) is 0 Å². The summed E-state index contributed by atoms with van der Waals surface area (Å²) < 4.78 is 44.9. The fourth-order valence-corrected chi connectivity index (χ4v) is 3.30. The van der Waals surface area contributed by atoms with Crippen LogP contribution in [-0.2, 0) is 6.18 Å². The minimum absolute atomic E-state index is 0.0132. The third kappa shape index (κ3) is 4.83. The number of nitrogens with one attached hydrogen (secondary N) is 1. The molecule has 28 heavy (non-hydrogen) atoms. The summed E-state index contributed by atoms with van der Waals surface area (Å²) in [6.07, 6.45) is -2.21. The predicted octanol–water partition coefficient (Wildman–Crippen LogP) is 4.70. The van der Waals surface area contributed by atoms with Gasteiger partial charge in [0.05, 0.1) is 23.3 Å². The zero-order valence-electron chi connectivity index (χ0n) is 15.0. The van der Waals surface area contributed by atoms with E-state index in [-0.39, 0.29) is 23.8 Å². The summed E-state index contributed by atoms with van der Waals surface area (Å²) in [5.74, 6) is -0.0324. The van der Waals surface area contributed by atoms with Gasteiger partial charge in [-0.2, -0.15) is 18.4 Å². The molecule has 0 bridgehead atoms. The van der Waals surface area contributed by atoms with Crippen LogP contribution in [0.15, 0.2) is 48.5 Å². The van der Waals surface area contributed by atoms with Gasteiger partial charge < -0.3 is 10.1 Å². The molecule has 1 fully saturated rings. The van der Waals surface area contributed by atoms with Crippen molar-refractivity contribution in [1.82, 2.24) is 5.32 Å². The lowest BCUT2D eigenvalue weighted by Gasteiger charge is -2.29. The SMILES string of the molecule is N#Cc1ccc(O[C@H]2CC[C@H](NC(=O)c3ccccc3)CC2)cc1C(F)(F)F. The number of nitriles is 1. The summed E-state index contributed by atoms with van der Waals surface area (Å²) in [6.45, 7) is 0. The fraction of sp³-hybridized carbons (Fsp3) is 0.333. The van der Waals surface area contributed by atoms with Gasteiger partial charge in [-0.3, -0.25) is 4.79 Å². The van der Waals surface area contributed by atoms with E-state index in [1.165, 1.54) is 6.07 Å². The minimum atomic E-state index is -4.61. The molecular formula is C21H19F3N2O2. The van der Waals surface area contributed by atoms with Gasteiger partial charge in [-0.15, -0.1) is 0 Å². The Kier molecular flexibility index (Phi) is 5.88. The van der Waals surface area contributed by atoms with Crippen LogP contribution >= 0.6 is 0 Å². The summed E-state index contributed by atoms with van der Waals surface area (Å²) in [6, 6.07) is 13.9. The van der Waals surface area contributed by atoms with Crippen molar-refractivity contribution in [2.24, 2.45) is 0 Å². The molecular weight excluding hydrogens is 369 g/mol. The highest BCUT2D eigenvalue weighted by atomic mass is 19.4. The average Bonchev–Trinajstić information content (AvgIpc) is 2.69. The molecule has 4 nitrogen and oxygen atoms in total. The molecule has 0 heterocycles. The van der Waals surface area contributed by atoms with Crippen molar-refractivity contribution in [2.45, 2.75) is 44.0 Å². The van der Waals surface area contributed by atoms with Gasteiger partial charge in [-0.25, -0.2) is 0 Å². The lowest BCUT2D eigenvalue weighted by atomic mass is 9.92. The van der Waals surface area contributed by atoms with Crippen LogP contribution in [0.2, 0.25) is 0 Å². The van der Waals surface area contributed by atoms with Crippen LogP contribution in [0.5, 0.6) is 5.75 Å². The maximum absolute atomic E-state index is 13.1. The molecule has 1 saturated carbocycles. The van der Waals surface area contributed by atoms with E-state index in [1.54, 1.807) is 30.3 Å². The zero-order chi connectivity index (χ0) is 20.1. The minimum Gasteiger partial charge on any atom is -0.490 e. The number of amides is 1. The Bertz CT molecular complexity index is 867. The average molecular weight is 388 g/mol. The van der Waals surface area contributed by atoms with Crippen molar-refractivity contribution >= 4 is 5.91 Å². The Hall–Kier alpha value is -3.01. The number of carbonyl (C=O) groups is 1. The molecule has 0 aliphatic heterocycles. The highest BCUT2D eigenvalue weighted by molar-refractivity contribution is 5.94. The standard InChI is InChI=1S/C21H19F3N2O2/c22-21(23,24)19-12-18(9-6-15(19)13-25)28-17-10-7-16(8-11-17)26-20(27)14-4-2-1-3-5-14/h1-6,9,12,16-17H,7-8,10-11H2,(H,26,27)/t16-,17-.